The summed E-state index contributed by atoms with van der Waals surface area (Å²) in [5.74, 6) is -2.77. The lowest BCUT2D eigenvalue weighted by molar-refractivity contribution is -0.138. The number of rotatable bonds is 6. The molecule has 9 heteroatoms. The first-order valence-electron chi connectivity index (χ1n) is 7.89. The number of methoxy groups -OCH3 is 2. The molecule has 27 heavy (non-hydrogen) atoms. The summed E-state index contributed by atoms with van der Waals surface area (Å²) in [6.07, 6.45) is -2.79. The molecule has 1 aromatic rings. The first-order chi connectivity index (χ1) is 12.5. The van der Waals surface area contributed by atoms with Gasteiger partial charge in [-0.15, -0.1) is 0 Å². The average molecular weight is 387 g/mol. The van der Waals surface area contributed by atoms with Gasteiger partial charge in [-0.3, -0.25) is 4.79 Å². The monoisotopic (exact) mass is 387 g/mol. The summed E-state index contributed by atoms with van der Waals surface area (Å²) >= 11 is 0. The van der Waals surface area contributed by atoms with Crippen molar-refractivity contribution in [3.63, 3.8) is 0 Å². The quantitative estimate of drug-likeness (QED) is 0.599. The fourth-order valence-corrected chi connectivity index (χ4v) is 2.11. The Morgan fingerprint density at radius 1 is 1.11 bits per heavy atom. The van der Waals surface area contributed by atoms with Crippen molar-refractivity contribution in [3.05, 3.63) is 40.5 Å². The van der Waals surface area contributed by atoms with E-state index in [9.17, 15) is 27.6 Å². The number of hydrogen-bond donors (Lipinski definition) is 1. The van der Waals surface area contributed by atoms with Crippen LogP contribution >= 0.6 is 0 Å². The molecule has 0 spiro atoms. The molecule has 148 valence electrons. The maximum Gasteiger partial charge on any atom is 0.417 e. The lowest BCUT2D eigenvalue weighted by Crippen LogP contribution is -2.25. The zero-order valence-electron chi connectivity index (χ0n) is 15.3. The second-order valence-corrected chi connectivity index (χ2v) is 5.94. The highest BCUT2D eigenvalue weighted by molar-refractivity contribution is 6.05. The van der Waals surface area contributed by atoms with Crippen LogP contribution in [0.5, 0.6) is 0 Å². The third-order valence-corrected chi connectivity index (χ3v) is 3.37. The molecule has 0 aliphatic rings. The maximum absolute atomic E-state index is 13.4. The summed E-state index contributed by atoms with van der Waals surface area (Å²) in [5.41, 5.74) is -3.02. The van der Waals surface area contributed by atoms with Crippen LogP contribution in [-0.4, -0.2) is 38.6 Å². The third-order valence-electron chi connectivity index (χ3n) is 3.37. The smallest absolute Gasteiger partial charge is 0.417 e. The predicted octanol–water partition coefficient (Wildman–Crippen LogP) is 3.06. The molecule has 0 aliphatic heterocycles. The van der Waals surface area contributed by atoms with E-state index in [2.05, 4.69) is 14.8 Å². The number of benzene rings is 1. The Kier molecular flexibility index (Phi) is 7.56. The lowest BCUT2D eigenvalue weighted by atomic mass is 9.96. The number of ether oxygens (including phenoxy) is 2. The van der Waals surface area contributed by atoms with Gasteiger partial charge in [0, 0.05) is 12.6 Å². The molecule has 0 saturated heterocycles. The van der Waals surface area contributed by atoms with Gasteiger partial charge in [-0.05, 0) is 29.7 Å². The largest absolute Gasteiger partial charge is 0.465 e. The van der Waals surface area contributed by atoms with Crippen molar-refractivity contribution in [1.82, 2.24) is 5.32 Å². The maximum atomic E-state index is 13.4. The summed E-state index contributed by atoms with van der Waals surface area (Å²) in [5, 5.41) is 2.57. The van der Waals surface area contributed by atoms with Gasteiger partial charge in [0.1, 0.15) is 0 Å². The zero-order chi connectivity index (χ0) is 20.8. The topological polar surface area (TPSA) is 81.7 Å². The van der Waals surface area contributed by atoms with E-state index in [1.807, 2.05) is 13.8 Å². The number of carbonyl (C=O) groups is 3. The summed E-state index contributed by atoms with van der Waals surface area (Å²) in [4.78, 5) is 35.5. The number of nitrogens with one attached hydrogen (secondary N) is 1. The highest BCUT2D eigenvalue weighted by atomic mass is 19.4. The van der Waals surface area contributed by atoms with Crippen molar-refractivity contribution in [1.29, 1.82) is 0 Å². The van der Waals surface area contributed by atoms with Crippen molar-refractivity contribution < 1.29 is 37.0 Å². The first-order valence-corrected chi connectivity index (χ1v) is 7.89. The lowest BCUT2D eigenvalue weighted by Gasteiger charge is -2.15. The number of amides is 1. The normalized spacial score (nSPS) is 11.6. The van der Waals surface area contributed by atoms with Gasteiger partial charge in [-0.1, -0.05) is 13.8 Å². The average Bonchev–Trinajstić information content (AvgIpc) is 2.61. The minimum atomic E-state index is -4.93. The van der Waals surface area contributed by atoms with Gasteiger partial charge in [0.05, 0.1) is 30.9 Å². The van der Waals surface area contributed by atoms with Crippen LogP contribution in [0.15, 0.2) is 18.2 Å². The van der Waals surface area contributed by atoms with Gasteiger partial charge in [0.15, 0.2) is 0 Å². The van der Waals surface area contributed by atoms with Gasteiger partial charge in [0.25, 0.3) is 0 Å². The fraction of sp³-hybridized carbons (Fsp3) is 0.389. The summed E-state index contributed by atoms with van der Waals surface area (Å²) in [7, 11) is 1.87. The van der Waals surface area contributed by atoms with Crippen LogP contribution in [0.3, 0.4) is 0 Å². The highest BCUT2D eigenvalue weighted by Crippen LogP contribution is 2.35. The first kappa shape index (κ1) is 22.2. The standard InChI is InChI=1S/C18H20F3NO5/c1-10(2)9-22-14(23)6-5-11-7-12(16(24)26-3)15(17(25)27-4)13(8-11)18(19,20)21/h5-8,10H,9H2,1-4H3,(H,22,23). The minimum absolute atomic E-state index is 0.102. The highest BCUT2D eigenvalue weighted by Gasteiger charge is 2.38. The Labute approximate surface area is 154 Å². The van der Waals surface area contributed by atoms with E-state index in [1.54, 1.807) is 0 Å². The Bertz CT molecular complexity index is 754. The van der Waals surface area contributed by atoms with E-state index in [1.165, 1.54) is 0 Å². The molecule has 6 nitrogen and oxygen atoms in total. The third kappa shape index (κ3) is 6.12. The number of alkyl halides is 3. The van der Waals surface area contributed by atoms with Crippen molar-refractivity contribution >= 4 is 23.9 Å². The number of halogens is 3. The second kappa shape index (κ2) is 9.20. The molecule has 0 fully saturated rings. The van der Waals surface area contributed by atoms with Crippen molar-refractivity contribution in [3.8, 4) is 0 Å². The fourth-order valence-electron chi connectivity index (χ4n) is 2.11. The zero-order valence-corrected chi connectivity index (χ0v) is 15.3. The van der Waals surface area contributed by atoms with Gasteiger partial charge in [-0.25, -0.2) is 9.59 Å². The second-order valence-electron chi connectivity index (χ2n) is 5.94. The van der Waals surface area contributed by atoms with Crippen LogP contribution in [0.2, 0.25) is 0 Å². The van der Waals surface area contributed by atoms with E-state index in [0.29, 0.717) is 12.6 Å². The summed E-state index contributed by atoms with van der Waals surface area (Å²) in [6.45, 7) is 4.16. The molecule has 0 radical (unpaired) electrons. The van der Waals surface area contributed by atoms with Crippen LogP contribution in [0.25, 0.3) is 6.08 Å². The van der Waals surface area contributed by atoms with Gasteiger partial charge < -0.3 is 14.8 Å². The molecule has 0 heterocycles. The van der Waals surface area contributed by atoms with E-state index in [-0.39, 0.29) is 11.5 Å². The molecule has 0 unspecified atom stereocenters. The van der Waals surface area contributed by atoms with E-state index in [4.69, 9.17) is 0 Å². The van der Waals surface area contributed by atoms with Crippen molar-refractivity contribution in [2.24, 2.45) is 5.92 Å². The molecule has 1 N–H and O–H groups in total. The molecule has 0 saturated carbocycles. The number of hydrogen-bond acceptors (Lipinski definition) is 5. The molecule has 0 atom stereocenters. The van der Waals surface area contributed by atoms with Crippen LogP contribution < -0.4 is 5.32 Å². The number of esters is 2. The summed E-state index contributed by atoms with van der Waals surface area (Å²) in [6, 6.07) is 1.68. The van der Waals surface area contributed by atoms with Gasteiger partial charge >= 0.3 is 18.1 Å². The van der Waals surface area contributed by atoms with Crippen molar-refractivity contribution in [2.45, 2.75) is 20.0 Å². The van der Waals surface area contributed by atoms with Crippen LogP contribution in [0, 0.1) is 5.92 Å². The Morgan fingerprint density at radius 3 is 2.19 bits per heavy atom. The molecule has 1 aromatic carbocycles. The molecular weight excluding hydrogens is 367 g/mol. The van der Waals surface area contributed by atoms with Gasteiger partial charge in [-0.2, -0.15) is 13.2 Å². The Balaban J connectivity index is 3.45. The molecule has 0 aliphatic carbocycles. The minimum Gasteiger partial charge on any atom is -0.465 e. The Hall–Kier alpha value is -2.84. The van der Waals surface area contributed by atoms with E-state index < -0.39 is 40.7 Å². The summed E-state index contributed by atoms with van der Waals surface area (Å²) < 4.78 is 49.1. The van der Waals surface area contributed by atoms with Crippen LogP contribution in [0.1, 0.15) is 45.7 Å². The van der Waals surface area contributed by atoms with Crippen molar-refractivity contribution in [2.75, 3.05) is 20.8 Å². The van der Waals surface area contributed by atoms with Gasteiger partial charge in [0.2, 0.25) is 5.91 Å². The van der Waals surface area contributed by atoms with Crippen LogP contribution in [-0.2, 0) is 20.4 Å². The molecule has 0 bridgehead atoms. The predicted molar refractivity (Wildman–Crippen MR) is 91.0 cm³/mol. The van der Waals surface area contributed by atoms with E-state index in [0.717, 1.165) is 32.4 Å². The molecule has 1 amide bonds. The SMILES string of the molecule is COC(=O)c1cc(C=CC(=O)NCC(C)C)cc(C(F)(F)F)c1C(=O)OC. The molecule has 1 rings (SSSR count). The number of carbonyl (C=O) groups excluding carboxylic acids is 3. The molecule has 0 aromatic heterocycles. The Morgan fingerprint density at radius 2 is 1.70 bits per heavy atom. The van der Waals surface area contributed by atoms with Crippen LogP contribution in [0.4, 0.5) is 13.2 Å². The van der Waals surface area contributed by atoms with E-state index >= 15 is 0 Å². The molecular formula is C18H20F3NO5.